The van der Waals surface area contributed by atoms with E-state index < -0.39 is 6.10 Å². The minimum absolute atomic E-state index is 0.0800. The maximum Gasteiger partial charge on any atom is 0.306 e. The molecule has 0 aliphatic carbocycles. The van der Waals surface area contributed by atoms with Crippen LogP contribution in [0.4, 0.5) is 0 Å². The summed E-state index contributed by atoms with van der Waals surface area (Å²) in [5.41, 5.74) is 0. The molecule has 0 radical (unpaired) electrons. The Morgan fingerprint density at radius 1 is 0.308 bits per heavy atom. The van der Waals surface area contributed by atoms with Crippen LogP contribution in [0.5, 0.6) is 0 Å². The maximum atomic E-state index is 12.8. The Bertz CT molecular complexity index is 1140. The first-order valence-corrected chi connectivity index (χ1v) is 28.1. The molecule has 1 atom stereocenters. The predicted octanol–water partition coefficient (Wildman–Crippen LogP) is 18.7. The Labute approximate surface area is 403 Å². The van der Waals surface area contributed by atoms with Gasteiger partial charge in [0.1, 0.15) is 13.2 Å². The van der Waals surface area contributed by atoms with Crippen LogP contribution in [0.25, 0.3) is 0 Å². The molecule has 6 heteroatoms. The van der Waals surface area contributed by atoms with Gasteiger partial charge in [-0.1, -0.05) is 217 Å². The molecule has 0 heterocycles. The average Bonchev–Trinajstić information content (AvgIpc) is 3.30. The first-order chi connectivity index (χ1) is 32.0. The molecule has 0 saturated heterocycles. The Hall–Kier alpha value is -2.63. The third-order valence-corrected chi connectivity index (χ3v) is 12.3. The fraction of sp³-hybridized carbons (Fsp3) is 0.814. The topological polar surface area (TPSA) is 78.9 Å². The van der Waals surface area contributed by atoms with Crippen LogP contribution in [-0.4, -0.2) is 37.2 Å². The van der Waals surface area contributed by atoms with Crippen LogP contribution in [-0.2, 0) is 28.6 Å². The second-order valence-electron chi connectivity index (χ2n) is 18.8. The molecule has 0 aromatic carbocycles. The zero-order valence-electron chi connectivity index (χ0n) is 43.3. The molecule has 0 aromatic heterocycles. The molecule has 378 valence electrons. The van der Waals surface area contributed by atoms with E-state index in [1.807, 2.05) is 0 Å². The summed E-state index contributed by atoms with van der Waals surface area (Å²) in [6.07, 6.45) is 65.2. The monoisotopic (exact) mass is 911 g/mol. The van der Waals surface area contributed by atoms with Gasteiger partial charge >= 0.3 is 17.9 Å². The normalized spacial score (nSPS) is 12.4. The van der Waals surface area contributed by atoms with Crippen LogP contribution in [0.1, 0.15) is 290 Å². The van der Waals surface area contributed by atoms with Crippen molar-refractivity contribution in [3.63, 3.8) is 0 Å². The van der Waals surface area contributed by atoms with Crippen LogP contribution in [0, 0.1) is 0 Å². The summed E-state index contributed by atoms with van der Waals surface area (Å²) in [5.74, 6) is -0.891. The van der Waals surface area contributed by atoms with Crippen LogP contribution in [0.2, 0.25) is 0 Å². The van der Waals surface area contributed by atoms with Gasteiger partial charge in [-0.3, -0.25) is 14.4 Å². The van der Waals surface area contributed by atoms with Gasteiger partial charge in [0.05, 0.1) is 0 Å². The van der Waals surface area contributed by atoms with Gasteiger partial charge in [-0.05, 0) is 103 Å². The Morgan fingerprint density at radius 3 is 0.908 bits per heavy atom. The summed E-state index contributed by atoms with van der Waals surface area (Å²) in [4.78, 5) is 38.1. The van der Waals surface area contributed by atoms with Crippen molar-refractivity contribution in [2.45, 2.75) is 297 Å². The fourth-order valence-electron chi connectivity index (χ4n) is 7.99. The molecule has 0 amide bonds. The smallest absolute Gasteiger partial charge is 0.306 e. The second kappa shape index (κ2) is 54.0. The highest BCUT2D eigenvalue weighted by Gasteiger charge is 2.19. The van der Waals surface area contributed by atoms with E-state index >= 15 is 0 Å². The van der Waals surface area contributed by atoms with Crippen LogP contribution in [0.15, 0.2) is 48.6 Å². The highest BCUT2D eigenvalue weighted by atomic mass is 16.6. The quantitative estimate of drug-likeness (QED) is 0.0262. The van der Waals surface area contributed by atoms with Gasteiger partial charge < -0.3 is 14.2 Å². The van der Waals surface area contributed by atoms with Gasteiger partial charge in [-0.15, -0.1) is 0 Å². The summed E-state index contributed by atoms with van der Waals surface area (Å²) in [7, 11) is 0. The molecule has 0 spiro atoms. The van der Waals surface area contributed by atoms with E-state index in [0.29, 0.717) is 19.3 Å². The summed E-state index contributed by atoms with van der Waals surface area (Å²) in [6, 6.07) is 0. The van der Waals surface area contributed by atoms with Crippen molar-refractivity contribution in [2.24, 2.45) is 0 Å². The van der Waals surface area contributed by atoms with Crippen LogP contribution >= 0.6 is 0 Å². The number of unbranched alkanes of at least 4 members (excludes halogenated alkanes) is 32. The van der Waals surface area contributed by atoms with Gasteiger partial charge in [-0.25, -0.2) is 0 Å². The number of hydrogen-bond donors (Lipinski definition) is 0. The summed E-state index contributed by atoms with van der Waals surface area (Å²) in [5, 5.41) is 0. The number of esters is 3. The van der Waals surface area contributed by atoms with E-state index in [4.69, 9.17) is 14.2 Å². The van der Waals surface area contributed by atoms with E-state index in [0.717, 1.165) is 83.5 Å². The molecule has 6 nitrogen and oxygen atoms in total. The lowest BCUT2D eigenvalue weighted by molar-refractivity contribution is -0.167. The number of hydrogen-bond acceptors (Lipinski definition) is 6. The highest BCUT2D eigenvalue weighted by molar-refractivity contribution is 5.71. The minimum atomic E-state index is -0.781. The Balaban J connectivity index is 4.36. The molecule has 0 bridgehead atoms. The van der Waals surface area contributed by atoms with Crippen LogP contribution in [0.3, 0.4) is 0 Å². The molecular formula is C59H106O6. The van der Waals surface area contributed by atoms with Crippen molar-refractivity contribution >= 4 is 17.9 Å². The lowest BCUT2D eigenvalue weighted by Gasteiger charge is -2.18. The number of allylic oxidation sites excluding steroid dienone is 8. The molecule has 0 rings (SSSR count). The summed E-state index contributed by atoms with van der Waals surface area (Å²) < 4.78 is 16.8. The van der Waals surface area contributed by atoms with Crippen molar-refractivity contribution in [3.05, 3.63) is 48.6 Å². The van der Waals surface area contributed by atoms with Gasteiger partial charge in [0.25, 0.3) is 0 Å². The van der Waals surface area contributed by atoms with E-state index in [1.165, 1.54) is 167 Å². The standard InChI is InChI=1S/C59H106O6/c1-4-7-10-13-16-19-22-25-27-28-29-30-32-34-37-40-43-46-49-52-58(61)64-55-56(54-63-57(60)51-48-45-42-39-36-33-24-21-18-15-12-9-6-3)65-59(62)53-50-47-44-41-38-35-31-26-23-20-17-14-11-8-5-2/h16,19,21,24-27,31,56H,4-15,17-18,20,22-23,28-30,32-55H2,1-3H3/b19-16-,24-21-,27-25-,31-26-. The van der Waals surface area contributed by atoms with E-state index in [2.05, 4.69) is 69.4 Å². The molecule has 0 aromatic rings. The first kappa shape index (κ1) is 62.4. The Morgan fingerprint density at radius 2 is 0.554 bits per heavy atom. The van der Waals surface area contributed by atoms with E-state index in [-0.39, 0.29) is 31.1 Å². The lowest BCUT2D eigenvalue weighted by Crippen LogP contribution is -2.30. The average molecular weight is 911 g/mol. The molecule has 0 aliphatic heterocycles. The minimum Gasteiger partial charge on any atom is -0.462 e. The van der Waals surface area contributed by atoms with Gasteiger partial charge in [-0.2, -0.15) is 0 Å². The molecule has 0 saturated carbocycles. The highest BCUT2D eigenvalue weighted by Crippen LogP contribution is 2.15. The van der Waals surface area contributed by atoms with Crippen molar-refractivity contribution in [1.82, 2.24) is 0 Å². The Kier molecular flexibility index (Phi) is 51.8. The SMILES string of the molecule is CCCCC/C=C\C/C=C\CCCCCCCCCCCC(=O)OCC(COC(=O)CCCCCCC/C=C\CCCCCC)OC(=O)CCCCCCC/C=C\CCCCCCCC. The maximum absolute atomic E-state index is 12.8. The zero-order valence-corrected chi connectivity index (χ0v) is 43.3. The zero-order chi connectivity index (χ0) is 47.2. The predicted molar refractivity (Wildman–Crippen MR) is 279 cm³/mol. The van der Waals surface area contributed by atoms with Gasteiger partial charge in [0, 0.05) is 19.3 Å². The van der Waals surface area contributed by atoms with Crippen molar-refractivity contribution in [1.29, 1.82) is 0 Å². The van der Waals surface area contributed by atoms with Crippen molar-refractivity contribution in [3.8, 4) is 0 Å². The van der Waals surface area contributed by atoms with Crippen LogP contribution < -0.4 is 0 Å². The third kappa shape index (κ3) is 52.2. The van der Waals surface area contributed by atoms with E-state index in [9.17, 15) is 14.4 Å². The molecule has 0 fully saturated rings. The van der Waals surface area contributed by atoms with Gasteiger partial charge in [0.15, 0.2) is 6.10 Å². The lowest BCUT2D eigenvalue weighted by atomic mass is 10.1. The number of carbonyl (C=O) groups is 3. The first-order valence-electron chi connectivity index (χ1n) is 28.1. The number of ether oxygens (including phenoxy) is 3. The van der Waals surface area contributed by atoms with Gasteiger partial charge in [0.2, 0.25) is 0 Å². The summed E-state index contributed by atoms with van der Waals surface area (Å²) >= 11 is 0. The third-order valence-electron chi connectivity index (χ3n) is 12.3. The van der Waals surface area contributed by atoms with E-state index in [1.54, 1.807) is 0 Å². The molecule has 1 unspecified atom stereocenters. The number of rotatable bonds is 51. The largest absolute Gasteiger partial charge is 0.462 e. The summed E-state index contributed by atoms with van der Waals surface area (Å²) in [6.45, 7) is 6.60. The van der Waals surface area contributed by atoms with Crippen molar-refractivity contribution in [2.75, 3.05) is 13.2 Å². The van der Waals surface area contributed by atoms with Crippen molar-refractivity contribution < 1.29 is 28.6 Å². The second-order valence-corrected chi connectivity index (χ2v) is 18.8. The molecular weight excluding hydrogens is 805 g/mol. The fourth-order valence-corrected chi connectivity index (χ4v) is 7.99. The number of carbonyl (C=O) groups excluding carboxylic acids is 3. The molecule has 65 heavy (non-hydrogen) atoms. The molecule has 0 N–H and O–H groups in total. The molecule has 0 aliphatic rings.